The van der Waals surface area contributed by atoms with Crippen LogP contribution in [0.1, 0.15) is 60.5 Å². The highest BCUT2D eigenvalue weighted by Crippen LogP contribution is 2.33. The van der Waals surface area contributed by atoms with Crippen LogP contribution in [0.4, 0.5) is 5.82 Å². The summed E-state index contributed by atoms with van der Waals surface area (Å²) in [5.74, 6) is 6.22. The summed E-state index contributed by atoms with van der Waals surface area (Å²) in [7, 11) is 1.58. The van der Waals surface area contributed by atoms with Gasteiger partial charge < -0.3 is 20.5 Å². The van der Waals surface area contributed by atoms with Gasteiger partial charge in [0.25, 0.3) is 11.5 Å². The monoisotopic (exact) mass is 527 g/mol. The van der Waals surface area contributed by atoms with Crippen LogP contribution in [0, 0.1) is 23.2 Å². The van der Waals surface area contributed by atoms with Crippen molar-refractivity contribution in [3.63, 3.8) is 0 Å². The number of aromatic nitrogens is 3. The predicted octanol–water partition coefficient (Wildman–Crippen LogP) is 1.65. The third kappa shape index (κ3) is 4.73. The van der Waals surface area contributed by atoms with Crippen LogP contribution in [-0.4, -0.2) is 44.8 Å². The molecule has 1 amide bonds. The highest BCUT2D eigenvalue weighted by molar-refractivity contribution is 6.11. The number of nitrogens with two attached hydrogens (primary N) is 1. The van der Waals surface area contributed by atoms with Crippen molar-refractivity contribution in [3.8, 4) is 17.9 Å². The number of benzene rings is 1. The van der Waals surface area contributed by atoms with Crippen molar-refractivity contribution in [1.82, 2.24) is 19.0 Å². The van der Waals surface area contributed by atoms with Crippen LogP contribution in [0.2, 0.25) is 0 Å². The second-order valence-electron chi connectivity index (χ2n) is 10.4. The number of fused-ring (bicyclic) bond motifs is 1. The Labute approximate surface area is 226 Å². The molecule has 2 fully saturated rings. The molecule has 2 aliphatic rings. The van der Waals surface area contributed by atoms with Gasteiger partial charge in [0.1, 0.15) is 16.9 Å². The molecule has 3 aromatic rings. The number of piperidine rings is 1. The highest BCUT2D eigenvalue weighted by atomic mass is 16.2. The van der Waals surface area contributed by atoms with Gasteiger partial charge in [-0.25, -0.2) is 4.79 Å². The first-order chi connectivity index (χ1) is 18.8. The summed E-state index contributed by atoms with van der Waals surface area (Å²) in [4.78, 5) is 43.7. The minimum Gasteiger partial charge on any atom is -0.356 e. The second-order valence-corrected chi connectivity index (χ2v) is 10.4. The maximum atomic E-state index is 14.1. The first-order valence-electron chi connectivity index (χ1n) is 13.4. The molecular weight excluding hydrogens is 494 g/mol. The molecule has 0 radical (unpaired) electrons. The lowest BCUT2D eigenvalue weighted by atomic mass is 9.93. The fourth-order valence-corrected chi connectivity index (χ4v) is 5.57. The van der Waals surface area contributed by atoms with Gasteiger partial charge in [-0.15, -0.1) is 5.92 Å². The predicted molar refractivity (Wildman–Crippen MR) is 150 cm³/mol. The highest BCUT2D eigenvalue weighted by Gasteiger charge is 2.34. The van der Waals surface area contributed by atoms with Crippen LogP contribution in [0.25, 0.3) is 11.0 Å². The van der Waals surface area contributed by atoms with E-state index in [1.807, 2.05) is 0 Å². The number of nitriles is 1. The van der Waals surface area contributed by atoms with Crippen LogP contribution >= 0.6 is 0 Å². The second kappa shape index (κ2) is 10.8. The normalized spacial score (nSPS) is 17.3. The van der Waals surface area contributed by atoms with Crippen molar-refractivity contribution < 1.29 is 4.79 Å². The molecule has 1 saturated carbocycles. The molecule has 1 aliphatic carbocycles. The molecular formula is C29H33N7O3. The Morgan fingerprint density at radius 3 is 2.56 bits per heavy atom. The third-order valence-electron chi connectivity index (χ3n) is 7.82. The number of hydrogen-bond donors (Lipinski definition) is 2. The maximum absolute atomic E-state index is 14.1. The number of nitrogens with zero attached hydrogens (tertiary/aromatic N) is 5. The zero-order valence-corrected chi connectivity index (χ0v) is 22.4. The lowest BCUT2D eigenvalue weighted by molar-refractivity contribution is 0.0918. The summed E-state index contributed by atoms with van der Waals surface area (Å²) >= 11 is 0. The molecule has 1 aliphatic heterocycles. The zero-order valence-electron chi connectivity index (χ0n) is 22.4. The van der Waals surface area contributed by atoms with Crippen LogP contribution in [0.3, 0.4) is 0 Å². The molecule has 3 N–H and O–H groups in total. The summed E-state index contributed by atoms with van der Waals surface area (Å²) in [6.45, 7) is 3.03. The van der Waals surface area contributed by atoms with Crippen molar-refractivity contribution in [2.45, 2.75) is 64.2 Å². The largest absolute Gasteiger partial charge is 0.356 e. The van der Waals surface area contributed by atoms with E-state index in [2.05, 4.69) is 28.1 Å². The molecule has 3 heterocycles. The zero-order chi connectivity index (χ0) is 27.7. The molecule has 5 rings (SSSR count). The van der Waals surface area contributed by atoms with Crippen LogP contribution < -0.4 is 27.2 Å². The van der Waals surface area contributed by atoms with E-state index in [1.165, 1.54) is 4.57 Å². The fourth-order valence-electron chi connectivity index (χ4n) is 5.57. The molecule has 1 atom stereocenters. The molecule has 39 heavy (non-hydrogen) atoms. The summed E-state index contributed by atoms with van der Waals surface area (Å²) in [6.07, 6.45) is 4.58. The van der Waals surface area contributed by atoms with Crippen molar-refractivity contribution in [2.24, 2.45) is 12.8 Å². The lowest BCUT2D eigenvalue weighted by Crippen LogP contribution is -2.45. The van der Waals surface area contributed by atoms with Gasteiger partial charge in [0.15, 0.2) is 0 Å². The molecule has 202 valence electrons. The standard InChI is InChI=1S/C29H33N7O3/c1-3-4-15-35-25-24(33(2)29(39)36(28(25)38)17-20-10-6-5-9-19(20)16-30)23(26(37)32-22-12-7-13-22)27(35)34-14-8-11-21(31)18-34/h5-6,9-10,21-22H,7-8,11-15,17-18,31H2,1-2H3,(H,32,37)/t21-/m1/s1. The van der Waals surface area contributed by atoms with Crippen molar-refractivity contribution in [1.29, 1.82) is 5.26 Å². The molecule has 0 bridgehead atoms. The number of nitrogens with one attached hydrogen (secondary N) is 1. The Bertz CT molecular complexity index is 1660. The van der Waals surface area contributed by atoms with E-state index in [0.717, 1.165) is 36.7 Å². The van der Waals surface area contributed by atoms with E-state index >= 15 is 0 Å². The molecule has 1 saturated heterocycles. The Hall–Kier alpha value is -4.28. The average molecular weight is 528 g/mol. The van der Waals surface area contributed by atoms with E-state index in [0.29, 0.717) is 41.1 Å². The lowest BCUT2D eigenvalue weighted by Gasteiger charge is -2.34. The molecule has 2 aromatic heterocycles. The quantitative estimate of drug-likeness (QED) is 0.469. The van der Waals surface area contributed by atoms with E-state index in [1.54, 1.807) is 42.8 Å². The Morgan fingerprint density at radius 1 is 1.13 bits per heavy atom. The van der Waals surface area contributed by atoms with Crippen molar-refractivity contribution in [2.75, 3.05) is 18.0 Å². The van der Waals surface area contributed by atoms with Crippen molar-refractivity contribution in [3.05, 3.63) is 61.8 Å². The van der Waals surface area contributed by atoms with E-state index in [4.69, 9.17) is 5.73 Å². The van der Waals surface area contributed by atoms with Gasteiger partial charge in [0, 0.05) is 32.2 Å². The van der Waals surface area contributed by atoms with Crippen LogP contribution in [0.15, 0.2) is 33.9 Å². The molecule has 0 unspecified atom stereocenters. The number of hydrogen-bond acceptors (Lipinski definition) is 6. The first-order valence-corrected chi connectivity index (χ1v) is 13.4. The van der Waals surface area contributed by atoms with Gasteiger partial charge in [0.05, 0.1) is 30.2 Å². The van der Waals surface area contributed by atoms with E-state index < -0.39 is 11.2 Å². The average Bonchev–Trinajstić information content (AvgIpc) is 3.26. The van der Waals surface area contributed by atoms with Crippen LogP contribution in [-0.2, 0) is 20.1 Å². The minimum atomic E-state index is -0.557. The number of carbonyl (C=O) groups is 1. The number of anilines is 1. The number of rotatable bonds is 6. The summed E-state index contributed by atoms with van der Waals surface area (Å²) < 4.78 is 4.28. The molecule has 10 nitrogen and oxygen atoms in total. The minimum absolute atomic E-state index is 0.0661. The van der Waals surface area contributed by atoms with Gasteiger partial charge in [-0.3, -0.25) is 18.7 Å². The third-order valence-corrected chi connectivity index (χ3v) is 7.82. The van der Waals surface area contributed by atoms with Gasteiger partial charge >= 0.3 is 5.69 Å². The maximum Gasteiger partial charge on any atom is 0.331 e. The number of carbonyl (C=O) groups excluding carboxylic acids is 1. The Balaban J connectivity index is 1.80. The fraction of sp³-hybridized carbons (Fsp3) is 0.448. The first kappa shape index (κ1) is 26.3. The molecule has 10 heteroatoms. The van der Waals surface area contributed by atoms with Gasteiger partial charge in [-0.1, -0.05) is 24.1 Å². The smallest absolute Gasteiger partial charge is 0.331 e. The number of amides is 1. The van der Waals surface area contributed by atoms with Gasteiger partial charge in [-0.05, 0) is 50.7 Å². The van der Waals surface area contributed by atoms with Crippen molar-refractivity contribution >= 4 is 22.8 Å². The number of aryl methyl sites for hydroxylation is 1. The molecule has 0 spiro atoms. The SMILES string of the molecule is CC#CCn1c(N2CCC[C@@H](N)C2)c(C(=O)NC2CCC2)c2c1c(=O)n(Cc1ccccc1C#N)c(=O)n2C. The topological polar surface area (TPSA) is 131 Å². The Kier molecular flexibility index (Phi) is 7.32. The van der Waals surface area contributed by atoms with E-state index in [-0.39, 0.29) is 36.6 Å². The summed E-state index contributed by atoms with van der Waals surface area (Å²) in [5, 5.41) is 12.7. The summed E-state index contributed by atoms with van der Waals surface area (Å²) in [6, 6.07) is 9.02. The summed E-state index contributed by atoms with van der Waals surface area (Å²) in [5.41, 5.74) is 7.05. The van der Waals surface area contributed by atoms with Crippen LogP contribution in [0.5, 0.6) is 0 Å². The van der Waals surface area contributed by atoms with E-state index in [9.17, 15) is 19.6 Å². The van der Waals surface area contributed by atoms with Gasteiger partial charge in [0.2, 0.25) is 0 Å². The molecule has 1 aromatic carbocycles. The van der Waals surface area contributed by atoms with Gasteiger partial charge in [-0.2, -0.15) is 5.26 Å². The Morgan fingerprint density at radius 2 is 1.90 bits per heavy atom.